The molecule has 1 aromatic carbocycles. The summed E-state index contributed by atoms with van der Waals surface area (Å²) in [6, 6.07) is 6.74. The Hall–Kier alpha value is -1.93. The number of nitrogens with zero attached hydrogens (tertiary/aromatic N) is 3. The standard InChI is InChI=1S/C18H15ClF3N3OS/c19-12-5-7-13(8-6-12)25-15(24-16-14(17(25)26)23-9-27-16)10-1-3-11(4-2-10)18(20,21)22/h5-11H,1-4H2/t10-,11+. The normalized spacial score (nSPS) is 20.9. The number of aromatic nitrogens is 3. The molecule has 4 nitrogen and oxygen atoms in total. The van der Waals surface area contributed by atoms with E-state index in [2.05, 4.69) is 9.97 Å². The van der Waals surface area contributed by atoms with Gasteiger partial charge in [0.25, 0.3) is 5.56 Å². The van der Waals surface area contributed by atoms with Crippen molar-refractivity contribution in [3.63, 3.8) is 0 Å². The lowest BCUT2D eigenvalue weighted by molar-refractivity contribution is -0.182. The van der Waals surface area contributed by atoms with E-state index in [1.165, 1.54) is 15.9 Å². The minimum atomic E-state index is -4.17. The number of alkyl halides is 3. The van der Waals surface area contributed by atoms with Crippen LogP contribution in [0.5, 0.6) is 0 Å². The SMILES string of the molecule is O=c1c2ncsc2nc([C@H]2CC[C@@H](C(F)(F)F)CC2)n1-c1ccc(Cl)cc1. The average molecular weight is 414 g/mol. The van der Waals surface area contributed by atoms with Crippen LogP contribution in [0.1, 0.15) is 37.4 Å². The van der Waals surface area contributed by atoms with E-state index < -0.39 is 12.1 Å². The number of thiazole rings is 1. The van der Waals surface area contributed by atoms with Gasteiger partial charge in [0.2, 0.25) is 0 Å². The summed E-state index contributed by atoms with van der Waals surface area (Å²) in [5.41, 5.74) is 2.09. The monoisotopic (exact) mass is 413 g/mol. The van der Waals surface area contributed by atoms with Gasteiger partial charge in [-0.2, -0.15) is 13.2 Å². The van der Waals surface area contributed by atoms with Crippen LogP contribution in [0, 0.1) is 5.92 Å². The Morgan fingerprint density at radius 3 is 2.41 bits per heavy atom. The maximum atomic E-state index is 13.0. The molecule has 2 aromatic heterocycles. The lowest BCUT2D eigenvalue weighted by atomic mass is 9.81. The molecule has 0 N–H and O–H groups in total. The molecule has 27 heavy (non-hydrogen) atoms. The van der Waals surface area contributed by atoms with Gasteiger partial charge in [0.05, 0.1) is 17.1 Å². The summed E-state index contributed by atoms with van der Waals surface area (Å²) in [7, 11) is 0. The van der Waals surface area contributed by atoms with Gasteiger partial charge in [-0.1, -0.05) is 11.6 Å². The van der Waals surface area contributed by atoms with Crippen molar-refractivity contribution in [2.24, 2.45) is 5.92 Å². The molecule has 0 unspecified atom stereocenters. The Labute approximate surface area is 161 Å². The van der Waals surface area contributed by atoms with Crippen LogP contribution in [0.2, 0.25) is 5.02 Å². The van der Waals surface area contributed by atoms with Crippen LogP contribution in [-0.2, 0) is 0 Å². The fraction of sp³-hybridized carbons (Fsp3) is 0.389. The van der Waals surface area contributed by atoms with Crippen LogP contribution in [-0.4, -0.2) is 20.7 Å². The van der Waals surface area contributed by atoms with Crippen LogP contribution in [0.4, 0.5) is 13.2 Å². The van der Waals surface area contributed by atoms with E-state index in [9.17, 15) is 18.0 Å². The van der Waals surface area contributed by atoms with Gasteiger partial charge in [0.15, 0.2) is 10.3 Å². The number of hydrogen-bond donors (Lipinski definition) is 0. The molecule has 3 aromatic rings. The van der Waals surface area contributed by atoms with Gasteiger partial charge >= 0.3 is 6.18 Å². The van der Waals surface area contributed by atoms with Crippen LogP contribution in [0.3, 0.4) is 0 Å². The molecule has 4 rings (SSSR count). The number of halogens is 4. The Balaban J connectivity index is 1.79. The van der Waals surface area contributed by atoms with Crippen molar-refractivity contribution in [2.75, 3.05) is 0 Å². The van der Waals surface area contributed by atoms with Gasteiger partial charge in [-0.3, -0.25) is 9.36 Å². The smallest absolute Gasteiger partial charge is 0.266 e. The predicted octanol–water partition coefficient (Wildman–Crippen LogP) is 5.33. The van der Waals surface area contributed by atoms with E-state index in [1.54, 1.807) is 29.8 Å². The molecule has 1 aliphatic rings. The summed E-state index contributed by atoms with van der Waals surface area (Å²) in [6.07, 6.45) is -3.39. The first-order chi connectivity index (χ1) is 12.8. The zero-order valence-electron chi connectivity index (χ0n) is 14.0. The highest BCUT2D eigenvalue weighted by molar-refractivity contribution is 7.16. The third-order valence-electron chi connectivity index (χ3n) is 5.04. The van der Waals surface area contributed by atoms with Crippen molar-refractivity contribution in [1.29, 1.82) is 0 Å². The van der Waals surface area contributed by atoms with E-state index in [-0.39, 0.29) is 29.8 Å². The molecule has 0 atom stereocenters. The number of benzene rings is 1. The third-order valence-corrected chi connectivity index (χ3v) is 6.01. The van der Waals surface area contributed by atoms with Crippen molar-refractivity contribution >= 4 is 33.3 Å². The Morgan fingerprint density at radius 2 is 1.78 bits per heavy atom. The predicted molar refractivity (Wildman–Crippen MR) is 98.8 cm³/mol. The number of hydrogen-bond acceptors (Lipinski definition) is 4. The molecule has 9 heteroatoms. The molecule has 142 valence electrons. The van der Waals surface area contributed by atoms with E-state index in [1.807, 2.05) is 0 Å². The number of fused-ring (bicyclic) bond motifs is 1. The molecule has 1 fully saturated rings. The second kappa shape index (κ2) is 6.91. The average Bonchev–Trinajstić information content (AvgIpc) is 3.11. The molecule has 2 heterocycles. The highest BCUT2D eigenvalue weighted by Gasteiger charge is 2.42. The van der Waals surface area contributed by atoms with E-state index in [0.29, 0.717) is 34.2 Å². The van der Waals surface area contributed by atoms with Gasteiger partial charge in [0, 0.05) is 10.9 Å². The molecule has 0 amide bonds. The summed E-state index contributed by atoms with van der Waals surface area (Å²) in [6.45, 7) is 0. The zero-order chi connectivity index (χ0) is 19.2. The zero-order valence-corrected chi connectivity index (χ0v) is 15.6. The highest BCUT2D eigenvalue weighted by atomic mass is 35.5. The molecule has 0 spiro atoms. The van der Waals surface area contributed by atoms with E-state index in [4.69, 9.17) is 11.6 Å². The van der Waals surface area contributed by atoms with Crippen LogP contribution < -0.4 is 5.56 Å². The molecule has 0 aliphatic heterocycles. The minimum Gasteiger partial charge on any atom is -0.266 e. The first kappa shape index (κ1) is 18.4. The first-order valence-electron chi connectivity index (χ1n) is 8.53. The van der Waals surface area contributed by atoms with Crippen molar-refractivity contribution in [1.82, 2.24) is 14.5 Å². The lowest BCUT2D eigenvalue weighted by Crippen LogP contribution is -2.30. The van der Waals surface area contributed by atoms with Crippen LogP contribution in [0.15, 0.2) is 34.6 Å². The Morgan fingerprint density at radius 1 is 1.11 bits per heavy atom. The van der Waals surface area contributed by atoms with Crippen molar-refractivity contribution in [2.45, 2.75) is 37.8 Å². The van der Waals surface area contributed by atoms with Crippen molar-refractivity contribution < 1.29 is 13.2 Å². The molecule has 0 radical (unpaired) electrons. The first-order valence-corrected chi connectivity index (χ1v) is 9.79. The lowest BCUT2D eigenvalue weighted by Gasteiger charge is -2.30. The maximum Gasteiger partial charge on any atom is 0.391 e. The topological polar surface area (TPSA) is 47.8 Å². The quantitative estimate of drug-likeness (QED) is 0.570. The van der Waals surface area contributed by atoms with Crippen LogP contribution >= 0.6 is 22.9 Å². The minimum absolute atomic E-state index is 0.0470. The molecule has 1 saturated carbocycles. The van der Waals surface area contributed by atoms with Crippen molar-refractivity contribution in [3.05, 3.63) is 51.0 Å². The fourth-order valence-corrected chi connectivity index (χ4v) is 4.40. The van der Waals surface area contributed by atoms with E-state index in [0.717, 1.165) is 0 Å². The molecular formula is C18H15ClF3N3OS. The largest absolute Gasteiger partial charge is 0.391 e. The molecule has 0 bridgehead atoms. The fourth-order valence-electron chi connectivity index (χ4n) is 3.62. The molecule has 0 saturated heterocycles. The van der Waals surface area contributed by atoms with Gasteiger partial charge in [-0.15, -0.1) is 11.3 Å². The summed E-state index contributed by atoms with van der Waals surface area (Å²) >= 11 is 7.20. The second-order valence-electron chi connectivity index (χ2n) is 6.68. The third kappa shape index (κ3) is 3.48. The summed E-state index contributed by atoms with van der Waals surface area (Å²) in [5.74, 6) is -0.991. The summed E-state index contributed by atoms with van der Waals surface area (Å²) in [4.78, 5) is 22.2. The Kier molecular flexibility index (Phi) is 4.71. The van der Waals surface area contributed by atoms with Crippen molar-refractivity contribution in [3.8, 4) is 5.69 Å². The Bertz CT molecular complexity index is 1020. The summed E-state index contributed by atoms with van der Waals surface area (Å²) < 4.78 is 40.5. The maximum absolute atomic E-state index is 13.0. The van der Waals surface area contributed by atoms with Gasteiger partial charge in [-0.05, 0) is 49.9 Å². The molecule has 1 aliphatic carbocycles. The molecular weight excluding hydrogens is 399 g/mol. The number of rotatable bonds is 2. The van der Waals surface area contributed by atoms with Crippen LogP contribution in [0.25, 0.3) is 16.0 Å². The van der Waals surface area contributed by atoms with Gasteiger partial charge < -0.3 is 0 Å². The van der Waals surface area contributed by atoms with Gasteiger partial charge in [-0.25, -0.2) is 9.97 Å². The van der Waals surface area contributed by atoms with E-state index >= 15 is 0 Å². The van der Waals surface area contributed by atoms with Gasteiger partial charge in [0.1, 0.15) is 5.82 Å². The summed E-state index contributed by atoms with van der Waals surface area (Å²) in [5, 5.41) is 0.529. The second-order valence-corrected chi connectivity index (χ2v) is 7.95. The highest BCUT2D eigenvalue weighted by Crippen LogP contribution is 2.42.